The molecule has 6 rings (SSSR count). The van der Waals surface area contributed by atoms with Gasteiger partial charge in [-0.3, -0.25) is 24.2 Å². The zero-order valence-corrected chi connectivity index (χ0v) is 24.0. The van der Waals surface area contributed by atoms with Gasteiger partial charge in [-0.05, 0) is 64.7 Å². The number of Topliss-reactive ketones (excluding diaryl/α,β-unsaturated/α-hetero) is 2. The first kappa shape index (κ1) is 28.6. The highest BCUT2D eigenvalue weighted by Crippen LogP contribution is 2.60. The maximum absolute atomic E-state index is 16.6. The van der Waals surface area contributed by atoms with Gasteiger partial charge in [-0.2, -0.15) is 0 Å². The second-order valence-electron chi connectivity index (χ2n) is 12.5. The van der Waals surface area contributed by atoms with E-state index in [4.69, 9.17) is 5.73 Å². The summed E-state index contributed by atoms with van der Waals surface area (Å²) in [6.45, 7) is 5.63. The molecule has 7 N–H and O–H groups in total. The molecule has 5 aliphatic rings. The van der Waals surface area contributed by atoms with Gasteiger partial charge in [-0.25, -0.2) is 4.39 Å². The lowest BCUT2D eigenvalue weighted by atomic mass is 9.50. The van der Waals surface area contributed by atoms with Crippen LogP contribution in [0.3, 0.4) is 0 Å². The molecule has 0 bridgehead atoms. The number of aromatic hydroxyl groups is 1. The molecular formula is C30H37FN4O7. The first-order valence-electron chi connectivity index (χ1n) is 14.5. The van der Waals surface area contributed by atoms with E-state index < -0.39 is 63.4 Å². The molecule has 2 fully saturated rings. The molecule has 3 aliphatic carbocycles. The van der Waals surface area contributed by atoms with Crippen molar-refractivity contribution in [1.82, 2.24) is 9.80 Å². The lowest BCUT2D eigenvalue weighted by Crippen LogP contribution is -2.71. The van der Waals surface area contributed by atoms with E-state index in [-0.39, 0.29) is 47.0 Å². The SMILES string of the molecule is CCN(C)[C@@H]1C(=O)C(C(N)=O)=C(O)[C@@]2(O)C(=O)C3=C(O)c4c(O)c5c(c(F)c4C[C@H]3C[C@@]12C)C(N1CCCC1)CCN5. The molecular weight excluding hydrogens is 547 g/mol. The van der Waals surface area contributed by atoms with Crippen molar-refractivity contribution in [3.8, 4) is 5.75 Å². The number of aliphatic hydroxyl groups is 3. The molecule has 12 heteroatoms. The number of primary amides is 1. The summed E-state index contributed by atoms with van der Waals surface area (Å²) in [5.74, 6) is -6.90. The molecule has 0 radical (unpaired) electrons. The number of benzene rings is 1. The summed E-state index contributed by atoms with van der Waals surface area (Å²) < 4.78 is 16.6. The number of ketones is 2. The number of nitrogens with two attached hydrogens (primary N) is 1. The highest BCUT2D eigenvalue weighted by atomic mass is 19.1. The van der Waals surface area contributed by atoms with Gasteiger partial charge in [0.25, 0.3) is 5.91 Å². The van der Waals surface area contributed by atoms with E-state index in [2.05, 4.69) is 10.2 Å². The number of hydrogen-bond donors (Lipinski definition) is 6. The third-order valence-electron chi connectivity index (χ3n) is 10.5. The quantitative estimate of drug-likeness (QED) is 0.226. The maximum Gasteiger partial charge on any atom is 0.255 e. The monoisotopic (exact) mass is 584 g/mol. The molecule has 11 nitrogen and oxygen atoms in total. The molecule has 1 saturated carbocycles. The van der Waals surface area contributed by atoms with Gasteiger partial charge in [0.2, 0.25) is 5.78 Å². The van der Waals surface area contributed by atoms with Crippen molar-refractivity contribution in [3.63, 3.8) is 0 Å². The van der Waals surface area contributed by atoms with Crippen LogP contribution in [-0.4, -0.2) is 92.6 Å². The second-order valence-corrected chi connectivity index (χ2v) is 12.5. The van der Waals surface area contributed by atoms with Crippen molar-refractivity contribution in [2.24, 2.45) is 17.1 Å². The zero-order chi connectivity index (χ0) is 30.5. The van der Waals surface area contributed by atoms with Crippen molar-refractivity contribution in [3.05, 3.63) is 39.4 Å². The summed E-state index contributed by atoms with van der Waals surface area (Å²) in [6, 6.07) is -1.48. The van der Waals surface area contributed by atoms with Crippen molar-refractivity contribution < 1.29 is 39.2 Å². The second kappa shape index (κ2) is 9.51. The number of hydrogen-bond acceptors (Lipinski definition) is 10. The lowest BCUT2D eigenvalue weighted by molar-refractivity contribution is -0.172. The van der Waals surface area contributed by atoms with Crippen LogP contribution < -0.4 is 11.1 Å². The number of aliphatic hydroxyl groups excluding tert-OH is 2. The maximum atomic E-state index is 16.6. The molecule has 1 saturated heterocycles. The Morgan fingerprint density at radius 3 is 2.50 bits per heavy atom. The van der Waals surface area contributed by atoms with Gasteiger partial charge in [-0.15, -0.1) is 0 Å². The normalized spacial score (nSPS) is 32.9. The number of amides is 1. The van der Waals surface area contributed by atoms with Crippen LogP contribution in [0.2, 0.25) is 0 Å². The van der Waals surface area contributed by atoms with Gasteiger partial charge in [0.15, 0.2) is 11.4 Å². The molecule has 1 aromatic rings. The van der Waals surface area contributed by atoms with Gasteiger partial charge < -0.3 is 31.5 Å². The van der Waals surface area contributed by atoms with Crippen molar-refractivity contribution in [1.29, 1.82) is 0 Å². The summed E-state index contributed by atoms with van der Waals surface area (Å²) in [4.78, 5) is 43.9. The number of rotatable bonds is 4. The van der Waals surface area contributed by atoms with Crippen molar-refractivity contribution in [2.45, 2.75) is 63.6 Å². The number of nitrogens with one attached hydrogen (secondary N) is 1. The number of halogens is 1. The van der Waals surface area contributed by atoms with Crippen LogP contribution in [0.4, 0.5) is 10.1 Å². The summed E-state index contributed by atoms with van der Waals surface area (Å²) in [7, 11) is 1.59. The number of fused-ring (bicyclic) bond motifs is 4. The van der Waals surface area contributed by atoms with Crippen LogP contribution in [0, 0.1) is 17.2 Å². The minimum absolute atomic E-state index is 0.0624. The average molecular weight is 585 g/mol. The van der Waals surface area contributed by atoms with E-state index >= 15 is 4.39 Å². The standard InChI is InChI=1S/C30H37FN4O7/c1-4-34(3)25-24(38)19(28(32)41)27(40)30(42)26(39)16-13(12-29(25,30)2)11-14-17(22(16)36)23(37)21-18(20(14)31)15(7-8-33-21)35-9-5-6-10-35/h13,15,25,33,36-37,40,42H,4-12H2,1-3H3,(H2,32,41)/t13-,15?,25+,29-,30-/m0/s1. The third-order valence-corrected chi connectivity index (χ3v) is 10.5. The number of anilines is 1. The van der Waals surface area contributed by atoms with Crippen LogP contribution in [0.1, 0.15) is 62.3 Å². The van der Waals surface area contributed by atoms with Gasteiger partial charge in [-0.1, -0.05) is 13.8 Å². The molecule has 1 amide bonds. The predicted molar refractivity (Wildman–Crippen MR) is 150 cm³/mol. The van der Waals surface area contributed by atoms with Gasteiger partial charge in [0.1, 0.15) is 28.7 Å². The Kier molecular flexibility index (Phi) is 6.49. The smallest absolute Gasteiger partial charge is 0.255 e. The molecule has 42 heavy (non-hydrogen) atoms. The first-order chi connectivity index (χ1) is 19.8. The van der Waals surface area contributed by atoms with Crippen LogP contribution in [0.15, 0.2) is 16.9 Å². The Balaban J connectivity index is 1.57. The molecule has 0 spiro atoms. The minimum atomic E-state index is -2.79. The Bertz CT molecular complexity index is 1500. The fourth-order valence-electron chi connectivity index (χ4n) is 8.39. The summed E-state index contributed by atoms with van der Waals surface area (Å²) in [5, 5.41) is 49.3. The number of phenolic OH excluding ortho intramolecular Hbond substituents is 1. The topological polar surface area (TPSA) is 177 Å². The fraction of sp³-hybridized carbons (Fsp3) is 0.567. The van der Waals surface area contributed by atoms with E-state index in [0.29, 0.717) is 25.1 Å². The summed E-state index contributed by atoms with van der Waals surface area (Å²) in [6.07, 6.45) is 2.44. The first-order valence-corrected chi connectivity index (χ1v) is 14.5. The van der Waals surface area contributed by atoms with E-state index in [1.807, 2.05) is 0 Å². The van der Waals surface area contributed by atoms with Gasteiger partial charge in [0.05, 0.1) is 17.3 Å². The Hall–Kier alpha value is -3.48. The number of nitrogens with zero attached hydrogens (tertiary/aromatic N) is 2. The molecule has 2 aliphatic heterocycles. The third kappa shape index (κ3) is 3.45. The molecule has 226 valence electrons. The van der Waals surface area contributed by atoms with Crippen LogP contribution in [-0.2, 0) is 20.8 Å². The predicted octanol–water partition coefficient (Wildman–Crippen LogP) is 1.84. The van der Waals surface area contributed by atoms with Gasteiger partial charge >= 0.3 is 0 Å². The van der Waals surface area contributed by atoms with Gasteiger partial charge in [0, 0.05) is 34.7 Å². The number of phenols is 1. The molecule has 1 unspecified atom stereocenters. The van der Waals surface area contributed by atoms with Crippen LogP contribution in [0.25, 0.3) is 5.76 Å². The number of likely N-dealkylation sites (N-methyl/N-ethyl adjacent to an activating group) is 1. The Labute approximate surface area is 242 Å². The van der Waals surface area contributed by atoms with Crippen LogP contribution in [0.5, 0.6) is 5.75 Å². The number of carbonyl (C=O) groups excluding carboxylic acids is 3. The largest absolute Gasteiger partial charge is 0.508 e. The molecule has 0 aromatic heterocycles. The summed E-state index contributed by atoms with van der Waals surface area (Å²) >= 11 is 0. The highest BCUT2D eigenvalue weighted by Gasteiger charge is 2.70. The number of carbonyl (C=O) groups is 3. The fourth-order valence-corrected chi connectivity index (χ4v) is 8.39. The average Bonchev–Trinajstić information content (AvgIpc) is 3.48. The molecule has 1 aromatic carbocycles. The highest BCUT2D eigenvalue weighted by molar-refractivity contribution is 6.25. The van der Waals surface area contributed by atoms with E-state index in [9.17, 15) is 34.8 Å². The summed E-state index contributed by atoms with van der Waals surface area (Å²) in [5.41, 5.74) is 0.127. The van der Waals surface area contributed by atoms with E-state index in [1.54, 1.807) is 18.9 Å². The van der Waals surface area contributed by atoms with Crippen molar-refractivity contribution >= 4 is 28.9 Å². The van der Waals surface area contributed by atoms with Crippen molar-refractivity contribution in [2.75, 3.05) is 38.5 Å². The molecule has 2 heterocycles. The van der Waals surface area contributed by atoms with E-state index in [0.717, 1.165) is 25.9 Å². The Morgan fingerprint density at radius 1 is 1.21 bits per heavy atom. The lowest BCUT2D eigenvalue weighted by Gasteiger charge is -2.57. The Morgan fingerprint density at radius 2 is 1.88 bits per heavy atom. The van der Waals surface area contributed by atoms with Crippen LogP contribution >= 0.6 is 0 Å². The minimum Gasteiger partial charge on any atom is -0.508 e. The molecule has 5 atom stereocenters. The number of likely N-dealkylation sites (tertiary alicyclic amines) is 1. The zero-order valence-electron chi connectivity index (χ0n) is 24.0. The van der Waals surface area contributed by atoms with E-state index in [1.165, 1.54) is 6.92 Å².